The lowest BCUT2D eigenvalue weighted by molar-refractivity contribution is -0.141. The van der Waals surface area contributed by atoms with Crippen molar-refractivity contribution < 1.29 is 14.7 Å². The zero-order chi connectivity index (χ0) is 23.2. The van der Waals surface area contributed by atoms with Crippen molar-refractivity contribution >= 4 is 28.9 Å². The van der Waals surface area contributed by atoms with Gasteiger partial charge in [0.05, 0.1) is 16.6 Å². The molecule has 0 saturated carbocycles. The number of benzene rings is 2. The molecular weight excluding hydrogens is 422 g/mol. The van der Waals surface area contributed by atoms with Gasteiger partial charge in [0.25, 0.3) is 5.91 Å². The van der Waals surface area contributed by atoms with Crippen LogP contribution in [0.1, 0.15) is 55.4 Å². The Labute approximate surface area is 190 Å². The fraction of sp³-hybridized carbons (Fsp3) is 0.304. The maximum atomic E-state index is 13.3. The summed E-state index contributed by atoms with van der Waals surface area (Å²) in [5, 5.41) is 26.7. The highest BCUT2D eigenvalue weighted by atomic mass is 16.4. The lowest BCUT2D eigenvalue weighted by Gasteiger charge is -2.18. The van der Waals surface area contributed by atoms with E-state index in [0.717, 1.165) is 25.7 Å². The summed E-state index contributed by atoms with van der Waals surface area (Å²) in [7, 11) is 0. The van der Waals surface area contributed by atoms with Crippen molar-refractivity contribution in [3.05, 3.63) is 54.1 Å². The summed E-state index contributed by atoms with van der Waals surface area (Å²) in [6.45, 7) is 2.11. The van der Waals surface area contributed by atoms with Crippen molar-refractivity contribution in [3.63, 3.8) is 0 Å². The molecule has 0 aliphatic heterocycles. The van der Waals surface area contributed by atoms with Crippen LogP contribution >= 0.6 is 0 Å². The molecule has 0 radical (unpaired) electrons. The molecule has 4 aromatic rings. The van der Waals surface area contributed by atoms with Crippen molar-refractivity contribution in [1.82, 2.24) is 30.2 Å². The van der Waals surface area contributed by atoms with E-state index >= 15 is 0 Å². The van der Waals surface area contributed by atoms with E-state index in [0.29, 0.717) is 28.6 Å². The molecular formula is C23H25N7O3. The highest BCUT2D eigenvalue weighted by Crippen LogP contribution is 2.29. The number of amides is 1. The number of carbonyl (C=O) groups excluding carboxylic acids is 1. The summed E-state index contributed by atoms with van der Waals surface area (Å²) < 4.78 is 1.61. The lowest BCUT2D eigenvalue weighted by Crippen LogP contribution is -2.23. The number of carboxylic acid groups (broad SMARTS) is 1. The Morgan fingerprint density at radius 2 is 1.88 bits per heavy atom. The molecule has 2 heterocycles. The molecule has 0 saturated heterocycles. The van der Waals surface area contributed by atoms with Crippen molar-refractivity contribution in [2.45, 2.75) is 45.1 Å². The standard InChI is InChI=1S/C23H25N7O3/c1-2-3-4-5-14-19(22(32)33)30-18-13-9-8-12-17(18)24-23(30)25-21(31)16-11-7-6-10-15(16)20-26-28-29-27-20/h6-13,19H,2-5,14H2,1H3,(H,32,33)(H,24,25,31)(H,26,27,28,29). The number of carboxylic acids is 1. The van der Waals surface area contributed by atoms with Crippen LogP contribution in [-0.2, 0) is 4.79 Å². The van der Waals surface area contributed by atoms with Crippen LogP contribution in [0.5, 0.6) is 0 Å². The number of nitrogens with zero attached hydrogens (tertiary/aromatic N) is 5. The highest BCUT2D eigenvalue weighted by molar-refractivity contribution is 6.08. The van der Waals surface area contributed by atoms with Crippen LogP contribution in [0.2, 0.25) is 0 Å². The number of fused-ring (bicyclic) bond motifs is 1. The van der Waals surface area contributed by atoms with Crippen LogP contribution in [0.4, 0.5) is 5.95 Å². The number of aromatic amines is 1. The molecule has 2 aromatic carbocycles. The van der Waals surface area contributed by atoms with E-state index in [2.05, 4.69) is 37.8 Å². The smallest absolute Gasteiger partial charge is 0.326 e. The first kappa shape index (κ1) is 22.1. The molecule has 1 atom stereocenters. The molecule has 0 aliphatic carbocycles. The first-order valence-corrected chi connectivity index (χ1v) is 10.9. The van der Waals surface area contributed by atoms with Crippen LogP contribution in [0.25, 0.3) is 22.4 Å². The number of imidazole rings is 1. The number of carbonyl (C=O) groups is 2. The van der Waals surface area contributed by atoms with Gasteiger partial charge in [0.2, 0.25) is 11.8 Å². The van der Waals surface area contributed by atoms with Gasteiger partial charge in [0.15, 0.2) is 0 Å². The molecule has 2 aromatic heterocycles. The quantitative estimate of drug-likeness (QED) is 0.311. The van der Waals surface area contributed by atoms with E-state index in [-0.39, 0.29) is 11.8 Å². The second-order valence-corrected chi connectivity index (χ2v) is 7.73. The predicted octanol–water partition coefficient (Wildman–Crippen LogP) is 4.06. The number of aliphatic carboxylic acids is 1. The minimum Gasteiger partial charge on any atom is -0.480 e. The van der Waals surface area contributed by atoms with Crippen molar-refractivity contribution in [2.24, 2.45) is 0 Å². The van der Waals surface area contributed by atoms with Crippen LogP contribution in [0, 0.1) is 0 Å². The van der Waals surface area contributed by atoms with E-state index in [4.69, 9.17) is 0 Å². The van der Waals surface area contributed by atoms with Crippen LogP contribution in [0.3, 0.4) is 0 Å². The average Bonchev–Trinajstić information content (AvgIpc) is 3.47. The SMILES string of the molecule is CCCCCCC(C(=O)O)n1c(NC(=O)c2ccccc2-c2nn[nH]n2)nc2ccccc21. The van der Waals surface area contributed by atoms with Crippen molar-refractivity contribution in [1.29, 1.82) is 0 Å². The first-order chi connectivity index (χ1) is 16.1. The molecule has 0 fully saturated rings. The van der Waals surface area contributed by atoms with Gasteiger partial charge in [-0.3, -0.25) is 14.7 Å². The highest BCUT2D eigenvalue weighted by Gasteiger charge is 2.26. The minimum atomic E-state index is -0.961. The molecule has 3 N–H and O–H groups in total. The summed E-state index contributed by atoms with van der Waals surface area (Å²) in [6.07, 6.45) is 4.27. The number of hydrogen-bond acceptors (Lipinski definition) is 6. The minimum absolute atomic E-state index is 0.187. The summed E-state index contributed by atoms with van der Waals surface area (Å²) in [5.74, 6) is -0.931. The third kappa shape index (κ3) is 4.74. The Balaban J connectivity index is 1.70. The number of hydrogen-bond donors (Lipinski definition) is 3. The fourth-order valence-corrected chi connectivity index (χ4v) is 3.90. The number of anilines is 1. The Hall–Kier alpha value is -4.08. The summed E-state index contributed by atoms with van der Waals surface area (Å²) in [4.78, 5) is 30.0. The largest absolute Gasteiger partial charge is 0.480 e. The summed E-state index contributed by atoms with van der Waals surface area (Å²) in [6, 6.07) is 13.3. The van der Waals surface area contributed by atoms with Gasteiger partial charge >= 0.3 is 5.97 Å². The molecule has 0 aliphatic rings. The molecule has 33 heavy (non-hydrogen) atoms. The van der Waals surface area contributed by atoms with Gasteiger partial charge in [0, 0.05) is 5.56 Å². The van der Waals surface area contributed by atoms with Gasteiger partial charge in [0.1, 0.15) is 6.04 Å². The molecule has 4 rings (SSSR count). The zero-order valence-corrected chi connectivity index (χ0v) is 18.2. The van der Waals surface area contributed by atoms with Crippen LogP contribution in [-0.4, -0.2) is 47.2 Å². The third-order valence-corrected chi connectivity index (χ3v) is 5.51. The van der Waals surface area contributed by atoms with Gasteiger partial charge in [-0.2, -0.15) is 5.21 Å². The summed E-state index contributed by atoms with van der Waals surface area (Å²) in [5.41, 5.74) is 2.09. The Morgan fingerprint density at radius 3 is 2.64 bits per heavy atom. The molecule has 0 bridgehead atoms. The Bertz CT molecular complexity index is 1250. The second-order valence-electron chi connectivity index (χ2n) is 7.73. The monoisotopic (exact) mass is 447 g/mol. The number of rotatable bonds is 10. The average molecular weight is 447 g/mol. The Kier molecular flexibility index (Phi) is 6.72. The third-order valence-electron chi connectivity index (χ3n) is 5.51. The fourth-order valence-electron chi connectivity index (χ4n) is 3.90. The maximum Gasteiger partial charge on any atom is 0.326 e. The number of tetrazole rings is 1. The van der Waals surface area contributed by atoms with E-state index in [9.17, 15) is 14.7 Å². The number of unbranched alkanes of at least 4 members (excludes halogenated alkanes) is 3. The van der Waals surface area contributed by atoms with Gasteiger partial charge in [-0.1, -0.05) is 62.9 Å². The van der Waals surface area contributed by atoms with Gasteiger partial charge in [-0.05, 0) is 29.8 Å². The first-order valence-electron chi connectivity index (χ1n) is 10.9. The topological polar surface area (TPSA) is 139 Å². The summed E-state index contributed by atoms with van der Waals surface area (Å²) >= 11 is 0. The van der Waals surface area contributed by atoms with E-state index in [1.807, 2.05) is 18.2 Å². The molecule has 170 valence electrons. The molecule has 10 nitrogen and oxygen atoms in total. The van der Waals surface area contributed by atoms with Gasteiger partial charge in [-0.15, -0.1) is 10.2 Å². The normalized spacial score (nSPS) is 12.0. The number of aromatic nitrogens is 6. The van der Waals surface area contributed by atoms with E-state index in [1.54, 1.807) is 34.9 Å². The number of H-pyrrole nitrogens is 1. The second kappa shape index (κ2) is 10.0. The van der Waals surface area contributed by atoms with Crippen LogP contribution in [0.15, 0.2) is 48.5 Å². The number of para-hydroxylation sites is 2. The van der Waals surface area contributed by atoms with E-state index in [1.165, 1.54) is 0 Å². The lowest BCUT2D eigenvalue weighted by atomic mass is 10.1. The Morgan fingerprint density at radius 1 is 1.09 bits per heavy atom. The van der Waals surface area contributed by atoms with Gasteiger partial charge in [-0.25, -0.2) is 9.78 Å². The zero-order valence-electron chi connectivity index (χ0n) is 18.2. The van der Waals surface area contributed by atoms with Crippen molar-refractivity contribution in [3.8, 4) is 11.4 Å². The molecule has 1 unspecified atom stereocenters. The van der Waals surface area contributed by atoms with Gasteiger partial charge < -0.3 is 5.11 Å². The van der Waals surface area contributed by atoms with Crippen molar-refractivity contribution in [2.75, 3.05) is 5.32 Å². The molecule has 0 spiro atoms. The van der Waals surface area contributed by atoms with E-state index < -0.39 is 17.9 Å². The maximum absolute atomic E-state index is 13.3. The molecule has 10 heteroatoms. The molecule has 1 amide bonds. The predicted molar refractivity (Wildman–Crippen MR) is 123 cm³/mol. The van der Waals surface area contributed by atoms with Crippen LogP contribution < -0.4 is 5.32 Å². The number of nitrogens with one attached hydrogen (secondary N) is 2.